The summed E-state index contributed by atoms with van der Waals surface area (Å²) in [5.74, 6) is 1.08. The minimum absolute atomic E-state index is 0.0493. The molecule has 0 spiro atoms. The summed E-state index contributed by atoms with van der Waals surface area (Å²) in [7, 11) is 4.76. The molecule has 10 nitrogen and oxygen atoms in total. The lowest BCUT2D eigenvalue weighted by Crippen LogP contribution is -2.65. The van der Waals surface area contributed by atoms with E-state index in [1.807, 2.05) is 14.1 Å². The number of nitrogens with two attached hydrogens (primary N) is 1. The minimum Gasteiger partial charge on any atom is -0.404 e. The van der Waals surface area contributed by atoms with Gasteiger partial charge in [0.1, 0.15) is 6.04 Å². The Morgan fingerprint density at radius 3 is 2.49 bits per heavy atom. The monoisotopic (exact) mass is 520 g/mol. The number of aliphatic imine (C=N–C) groups is 1. The second kappa shape index (κ2) is 11.9. The van der Waals surface area contributed by atoms with E-state index in [2.05, 4.69) is 55.6 Å². The largest absolute Gasteiger partial charge is 0.481 e. The number of carbonyl (C=O) groups excluding carboxylic acids is 2. The highest BCUT2D eigenvalue weighted by Gasteiger charge is 2.68. The molecule has 0 aromatic carbocycles. The first-order chi connectivity index (χ1) is 17.3. The number of hydrogen-bond donors (Lipinski definition) is 4. The van der Waals surface area contributed by atoms with Gasteiger partial charge in [-0.3, -0.25) is 14.6 Å². The molecule has 5 N–H and O–H groups in total. The van der Waals surface area contributed by atoms with Crippen LogP contribution in [0.2, 0.25) is 0 Å². The van der Waals surface area contributed by atoms with Gasteiger partial charge >= 0.3 is 7.12 Å². The van der Waals surface area contributed by atoms with Crippen molar-refractivity contribution < 1.29 is 18.9 Å². The van der Waals surface area contributed by atoms with Crippen molar-refractivity contribution in [3.05, 3.63) is 0 Å². The molecule has 1 aliphatic heterocycles. The quantitative estimate of drug-likeness (QED) is 0.131. The van der Waals surface area contributed by atoms with Crippen molar-refractivity contribution >= 4 is 24.9 Å². The number of rotatable bonds is 12. The standard InChI is InChI=1S/C26H49BN6O4/c1-16(2)12-21(27-36-20-14-17-13-19(25(17,3)4)26(20,5)37-27)32-23(35)18(31-22(34)15-33(7)8)10-9-11-30-24(28)29-6/h16-21H,9-15H2,1-8H3,(H,31,34)(H,32,35)(H3,28,29,30)/t17-,18-,19-,20+,21-,26-/m0/s1. The first-order valence-corrected chi connectivity index (χ1v) is 13.8. The molecule has 3 aliphatic carbocycles. The number of amides is 2. The summed E-state index contributed by atoms with van der Waals surface area (Å²) in [5, 5.41) is 9.12. The first kappa shape index (κ1) is 29.7. The third-order valence-electron chi connectivity index (χ3n) is 8.68. The fourth-order valence-electron chi connectivity index (χ4n) is 6.50. The maximum absolute atomic E-state index is 13.5. The zero-order valence-corrected chi connectivity index (χ0v) is 24.1. The molecular formula is C26H49BN6O4. The van der Waals surface area contributed by atoms with Gasteiger partial charge in [0.2, 0.25) is 11.8 Å². The SMILES string of the molecule is CN=C(N)NCCC[C@H](NC(=O)CN(C)C)C(=O)N[C@@H](CC(C)C)B1O[C@@H]2C[C@@H]3C[C@@H](C3(C)C)[C@]2(C)O1. The number of guanidine groups is 1. The van der Waals surface area contributed by atoms with Gasteiger partial charge in [0.05, 0.1) is 24.2 Å². The summed E-state index contributed by atoms with van der Waals surface area (Å²) >= 11 is 0. The van der Waals surface area contributed by atoms with E-state index >= 15 is 0 Å². The molecule has 2 amide bonds. The smallest absolute Gasteiger partial charge is 0.404 e. The van der Waals surface area contributed by atoms with E-state index in [4.69, 9.17) is 15.0 Å². The van der Waals surface area contributed by atoms with Crippen molar-refractivity contribution in [2.24, 2.45) is 33.9 Å². The fourth-order valence-corrected chi connectivity index (χ4v) is 6.50. The van der Waals surface area contributed by atoms with E-state index in [0.29, 0.717) is 43.1 Å². The van der Waals surface area contributed by atoms with Crippen molar-refractivity contribution in [1.82, 2.24) is 20.9 Å². The molecule has 0 radical (unpaired) electrons. The molecule has 4 rings (SSSR count). The van der Waals surface area contributed by atoms with Crippen molar-refractivity contribution in [1.29, 1.82) is 0 Å². The normalized spacial score (nSPS) is 29.9. The third kappa shape index (κ3) is 6.78. The van der Waals surface area contributed by atoms with E-state index in [9.17, 15) is 9.59 Å². The highest BCUT2D eigenvalue weighted by Crippen LogP contribution is 2.65. The van der Waals surface area contributed by atoms with E-state index < -0.39 is 13.2 Å². The van der Waals surface area contributed by atoms with Crippen LogP contribution in [0.15, 0.2) is 4.99 Å². The number of nitrogens with zero attached hydrogens (tertiary/aromatic N) is 2. The highest BCUT2D eigenvalue weighted by atomic mass is 16.7. The zero-order valence-electron chi connectivity index (χ0n) is 24.1. The molecular weight excluding hydrogens is 471 g/mol. The highest BCUT2D eigenvalue weighted by molar-refractivity contribution is 6.47. The average molecular weight is 521 g/mol. The Morgan fingerprint density at radius 1 is 1.19 bits per heavy atom. The molecule has 0 aromatic heterocycles. The van der Waals surface area contributed by atoms with Crippen LogP contribution in [0.4, 0.5) is 0 Å². The predicted octanol–water partition coefficient (Wildman–Crippen LogP) is 1.15. The summed E-state index contributed by atoms with van der Waals surface area (Å²) in [6.45, 7) is 11.9. The summed E-state index contributed by atoms with van der Waals surface area (Å²) in [6, 6.07) is -0.672. The van der Waals surface area contributed by atoms with Crippen LogP contribution in [0, 0.1) is 23.2 Å². The molecule has 1 heterocycles. The van der Waals surface area contributed by atoms with Gasteiger partial charge in [-0.1, -0.05) is 27.7 Å². The maximum atomic E-state index is 13.5. The van der Waals surface area contributed by atoms with Gasteiger partial charge < -0.3 is 35.9 Å². The van der Waals surface area contributed by atoms with E-state index in [1.54, 1.807) is 11.9 Å². The molecule has 37 heavy (non-hydrogen) atoms. The second-order valence-corrected chi connectivity index (χ2v) is 12.6. The fraction of sp³-hybridized carbons (Fsp3) is 0.885. The van der Waals surface area contributed by atoms with E-state index in [-0.39, 0.29) is 41.4 Å². The van der Waals surface area contributed by atoms with Gasteiger partial charge in [0.25, 0.3) is 0 Å². The Labute approximate surface area is 223 Å². The van der Waals surface area contributed by atoms with Crippen LogP contribution >= 0.6 is 0 Å². The van der Waals surface area contributed by atoms with Crippen molar-refractivity contribution in [2.75, 3.05) is 34.2 Å². The molecule has 1 saturated heterocycles. The van der Waals surface area contributed by atoms with Crippen LogP contribution in [0.1, 0.15) is 66.7 Å². The lowest BCUT2D eigenvalue weighted by atomic mass is 9.43. The van der Waals surface area contributed by atoms with Crippen molar-refractivity contribution in [2.45, 2.75) is 90.4 Å². The molecule has 3 saturated carbocycles. The van der Waals surface area contributed by atoms with Crippen LogP contribution in [0.5, 0.6) is 0 Å². The maximum Gasteiger partial charge on any atom is 0.481 e. The zero-order chi connectivity index (χ0) is 27.5. The lowest BCUT2D eigenvalue weighted by Gasteiger charge is -2.64. The number of likely N-dealkylation sites (N-methyl/N-ethyl adjacent to an activating group) is 1. The number of nitrogens with one attached hydrogen (secondary N) is 3. The Kier molecular flexibility index (Phi) is 9.56. The average Bonchev–Trinajstić information content (AvgIpc) is 3.16. The predicted molar refractivity (Wildman–Crippen MR) is 147 cm³/mol. The van der Waals surface area contributed by atoms with Gasteiger partial charge in [-0.2, -0.15) is 0 Å². The molecule has 11 heteroatoms. The van der Waals surface area contributed by atoms with Crippen LogP contribution in [0.25, 0.3) is 0 Å². The lowest BCUT2D eigenvalue weighted by molar-refractivity contribution is -0.199. The van der Waals surface area contributed by atoms with Crippen LogP contribution < -0.4 is 21.7 Å². The molecule has 6 atom stereocenters. The first-order valence-electron chi connectivity index (χ1n) is 13.8. The molecule has 0 aromatic rings. The molecule has 0 unspecified atom stereocenters. The third-order valence-corrected chi connectivity index (χ3v) is 8.68. The Morgan fingerprint density at radius 2 is 1.89 bits per heavy atom. The Balaban J connectivity index is 1.69. The molecule has 2 bridgehead atoms. The number of hydrogen-bond acceptors (Lipinski definition) is 6. The van der Waals surface area contributed by atoms with Gasteiger partial charge in [0, 0.05) is 13.6 Å². The van der Waals surface area contributed by atoms with Crippen LogP contribution in [-0.4, -0.2) is 87.7 Å². The minimum atomic E-state index is -0.672. The van der Waals surface area contributed by atoms with Crippen LogP contribution in [0.3, 0.4) is 0 Å². The van der Waals surface area contributed by atoms with Crippen LogP contribution in [-0.2, 0) is 18.9 Å². The topological polar surface area (TPSA) is 130 Å². The Bertz CT molecular complexity index is 853. The van der Waals surface area contributed by atoms with Gasteiger partial charge in [-0.15, -0.1) is 0 Å². The summed E-state index contributed by atoms with van der Waals surface area (Å²) in [5.41, 5.74) is 5.63. The molecule has 210 valence electrons. The van der Waals surface area contributed by atoms with E-state index in [0.717, 1.165) is 12.8 Å². The van der Waals surface area contributed by atoms with Gasteiger partial charge in [0.15, 0.2) is 5.96 Å². The summed E-state index contributed by atoms with van der Waals surface area (Å²) < 4.78 is 13.2. The van der Waals surface area contributed by atoms with Gasteiger partial charge in [-0.25, -0.2) is 0 Å². The van der Waals surface area contributed by atoms with E-state index in [1.165, 1.54) is 6.42 Å². The molecule has 4 aliphatic rings. The summed E-state index contributed by atoms with van der Waals surface area (Å²) in [6.07, 6.45) is 4.06. The number of carbonyl (C=O) groups is 2. The second-order valence-electron chi connectivity index (χ2n) is 12.6. The van der Waals surface area contributed by atoms with Crippen molar-refractivity contribution in [3.63, 3.8) is 0 Å². The summed E-state index contributed by atoms with van der Waals surface area (Å²) in [4.78, 5) is 31.8. The molecule has 4 fully saturated rings. The van der Waals surface area contributed by atoms with Gasteiger partial charge in [-0.05, 0) is 76.3 Å². The Hall–Kier alpha value is -1.85. The van der Waals surface area contributed by atoms with Crippen molar-refractivity contribution in [3.8, 4) is 0 Å².